The molecular formula is C20H8F34S. The van der Waals surface area contributed by atoms with Gasteiger partial charge in [0, 0.05) is 0 Å². The summed E-state index contributed by atoms with van der Waals surface area (Å²) in [6, 6.07) is 0. The van der Waals surface area contributed by atoms with Gasteiger partial charge in [-0.15, -0.1) is 11.8 Å². The van der Waals surface area contributed by atoms with Gasteiger partial charge < -0.3 is 0 Å². The monoisotopic (exact) mass is 926 g/mol. The molecule has 0 aliphatic rings. The first kappa shape index (κ1) is 53.0. The molecule has 0 N–H and O–H groups in total. The molecule has 35 heteroatoms. The van der Waals surface area contributed by atoms with Gasteiger partial charge in [0.15, 0.2) is 0 Å². The Labute approximate surface area is 281 Å². The molecule has 0 aliphatic carbocycles. The lowest BCUT2D eigenvalue weighted by molar-refractivity contribution is -0.461. The van der Waals surface area contributed by atoms with Gasteiger partial charge in [-0.1, -0.05) is 0 Å². The molecule has 0 spiro atoms. The molecule has 0 nitrogen and oxygen atoms in total. The van der Waals surface area contributed by atoms with E-state index in [2.05, 4.69) is 0 Å². The van der Waals surface area contributed by atoms with E-state index in [1.165, 1.54) is 0 Å². The van der Waals surface area contributed by atoms with Crippen LogP contribution in [0.2, 0.25) is 0 Å². The first-order chi connectivity index (χ1) is 23.0. The van der Waals surface area contributed by atoms with Crippen molar-refractivity contribution >= 4 is 11.8 Å². The normalized spacial score (nSPS) is 18.1. The quantitative estimate of drug-likeness (QED) is 0.139. The smallest absolute Gasteiger partial charge is 0.198 e. The summed E-state index contributed by atoms with van der Waals surface area (Å²) >= 11 is -2.56. The first-order valence-electron chi connectivity index (χ1n) is 12.1. The third kappa shape index (κ3) is 6.62. The number of thioether (sulfide) groups is 1. The van der Waals surface area contributed by atoms with Crippen molar-refractivity contribution in [1.82, 2.24) is 0 Å². The highest BCUT2D eigenvalue weighted by Crippen LogP contribution is 2.67. The van der Waals surface area contributed by atoms with Gasteiger partial charge in [-0.05, 0) is 13.8 Å². The van der Waals surface area contributed by atoms with Crippen LogP contribution in [0.5, 0.6) is 0 Å². The maximum atomic E-state index is 14.3. The second kappa shape index (κ2) is 13.2. The lowest BCUT2D eigenvalue weighted by Crippen LogP contribution is -2.75. The molecule has 0 saturated heterocycles. The fraction of sp³-hybridized carbons (Fsp3) is 1.00. The van der Waals surface area contributed by atoms with Crippen molar-refractivity contribution in [1.29, 1.82) is 0 Å². The van der Waals surface area contributed by atoms with Crippen LogP contribution in [0.25, 0.3) is 0 Å². The van der Waals surface area contributed by atoms with Crippen LogP contribution >= 0.6 is 11.8 Å². The Bertz CT molecular complexity index is 1260. The molecule has 0 bridgehead atoms. The van der Waals surface area contributed by atoms with Crippen LogP contribution in [-0.2, 0) is 0 Å². The van der Waals surface area contributed by atoms with Crippen LogP contribution in [0.4, 0.5) is 149 Å². The largest absolute Gasteiger partial charge is 0.460 e. The average Bonchev–Trinajstić information content (AvgIpc) is 2.94. The molecule has 0 aliphatic heterocycles. The summed E-state index contributed by atoms with van der Waals surface area (Å²) in [5.41, 5.74) is 0. The zero-order chi connectivity index (χ0) is 45.9. The molecule has 0 amide bonds. The third-order valence-corrected chi connectivity index (χ3v) is 8.33. The third-order valence-electron chi connectivity index (χ3n) is 6.92. The maximum Gasteiger partial charge on any atom is 0.460 e. The molecular weight excluding hydrogens is 918 g/mol. The van der Waals surface area contributed by atoms with Crippen molar-refractivity contribution in [3.63, 3.8) is 0 Å². The Kier molecular flexibility index (Phi) is 12.8. The minimum Gasteiger partial charge on any atom is -0.198 e. The number of halogens is 34. The number of hydrogen-bond acceptors (Lipinski definition) is 1. The van der Waals surface area contributed by atoms with E-state index in [1.54, 1.807) is 0 Å². The second-order valence-electron chi connectivity index (χ2n) is 10.6. The van der Waals surface area contributed by atoms with Crippen LogP contribution in [0.15, 0.2) is 0 Å². The summed E-state index contributed by atoms with van der Waals surface area (Å²) in [5, 5.41) is -9.87. The van der Waals surface area contributed by atoms with Crippen molar-refractivity contribution in [3.05, 3.63) is 0 Å². The minimum atomic E-state index is -9.30. The molecule has 2 atom stereocenters. The first-order valence-corrected chi connectivity index (χ1v) is 13.1. The van der Waals surface area contributed by atoms with E-state index in [9.17, 15) is 149 Å². The van der Waals surface area contributed by atoms with Crippen molar-refractivity contribution in [2.45, 2.75) is 120 Å². The van der Waals surface area contributed by atoms with E-state index < -0.39 is 131 Å². The van der Waals surface area contributed by atoms with E-state index in [-0.39, 0.29) is 0 Å². The standard InChI is InChI=1S/C20H8F34S/c1-3(5(21,22)7(25,26)9(29,30)11(33,34)13(37,38)15(41,42)17(45,46)19(49,50)51)55-4(2)6(23,24)8(27,28)10(31,32)12(35,36)14(39,40)16(43,44)18(47,48)20(52,53)54/h3-4H,1-2H3. The number of hydrogen-bond donors (Lipinski definition) is 0. The zero-order valence-corrected chi connectivity index (χ0v) is 25.2. The predicted octanol–water partition coefficient (Wildman–Crippen LogP) is 12.5. The van der Waals surface area contributed by atoms with E-state index in [0.29, 0.717) is 0 Å². The van der Waals surface area contributed by atoms with Crippen LogP contribution < -0.4 is 0 Å². The Balaban J connectivity index is 7.15. The van der Waals surface area contributed by atoms with Gasteiger partial charge in [-0.25, -0.2) is 0 Å². The molecule has 2 unspecified atom stereocenters. The molecule has 0 aromatic rings. The van der Waals surface area contributed by atoms with Crippen LogP contribution in [0.1, 0.15) is 13.8 Å². The highest BCUT2D eigenvalue weighted by Gasteiger charge is 2.97. The molecule has 55 heavy (non-hydrogen) atoms. The van der Waals surface area contributed by atoms with Gasteiger partial charge in [0.05, 0.1) is 10.5 Å². The Morgan fingerprint density at radius 1 is 0.218 bits per heavy atom. The summed E-state index contributed by atoms with van der Waals surface area (Å²) in [7, 11) is 0. The summed E-state index contributed by atoms with van der Waals surface area (Å²) in [6.45, 7) is -2.36. The fourth-order valence-corrected chi connectivity index (χ4v) is 4.59. The van der Waals surface area contributed by atoms with Gasteiger partial charge in [0.1, 0.15) is 0 Å². The van der Waals surface area contributed by atoms with E-state index in [1.807, 2.05) is 0 Å². The van der Waals surface area contributed by atoms with Crippen molar-refractivity contribution in [3.8, 4) is 0 Å². The fourth-order valence-electron chi connectivity index (χ4n) is 3.34. The summed E-state index contributed by atoms with van der Waals surface area (Å²) in [4.78, 5) is 0. The summed E-state index contributed by atoms with van der Waals surface area (Å²) in [6.07, 6.45) is -16.4. The minimum absolute atomic E-state index is 1.18. The van der Waals surface area contributed by atoms with Crippen LogP contribution in [-0.4, -0.2) is 106 Å². The maximum absolute atomic E-state index is 14.3. The lowest BCUT2D eigenvalue weighted by atomic mass is 9.88. The van der Waals surface area contributed by atoms with Gasteiger partial charge in [0.25, 0.3) is 0 Å². The SMILES string of the molecule is CC(SC(C)C(F)(F)C(F)(F)C(F)(F)C(F)(F)C(F)(F)C(F)(F)C(F)(F)C(F)(F)F)C(F)(F)C(F)(F)C(F)(F)C(F)(F)C(F)(F)C(F)(F)C(F)(F)C(F)(F)F. The summed E-state index contributed by atoms with van der Waals surface area (Å²) in [5.74, 6) is -124. The van der Waals surface area contributed by atoms with Gasteiger partial charge in [-0.2, -0.15) is 149 Å². The summed E-state index contributed by atoms with van der Waals surface area (Å²) < 4.78 is 456. The average molecular weight is 926 g/mol. The number of rotatable bonds is 16. The Hall–Kier alpha value is -2.03. The highest BCUT2D eigenvalue weighted by molar-refractivity contribution is 8.00. The molecule has 0 radical (unpaired) electrons. The van der Waals surface area contributed by atoms with Crippen molar-refractivity contribution in [2.24, 2.45) is 0 Å². The number of alkyl halides is 34. The second-order valence-corrected chi connectivity index (χ2v) is 12.2. The zero-order valence-electron chi connectivity index (χ0n) is 24.4. The highest BCUT2D eigenvalue weighted by atomic mass is 32.2. The predicted molar refractivity (Wildman–Crippen MR) is 108 cm³/mol. The van der Waals surface area contributed by atoms with Gasteiger partial charge >= 0.3 is 95.3 Å². The molecule has 0 fully saturated rings. The molecule has 0 saturated carbocycles. The van der Waals surface area contributed by atoms with Crippen molar-refractivity contribution in [2.75, 3.05) is 0 Å². The molecule has 0 aromatic heterocycles. The Morgan fingerprint density at radius 3 is 0.491 bits per heavy atom. The Morgan fingerprint density at radius 2 is 0.345 bits per heavy atom. The molecule has 332 valence electrons. The van der Waals surface area contributed by atoms with Gasteiger partial charge in [-0.3, -0.25) is 0 Å². The van der Waals surface area contributed by atoms with Gasteiger partial charge in [0.2, 0.25) is 0 Å². The molecule has 0 aromatic carbocycles. The van der Waals surface area contributed by atoms with E-state index in [0.717, 1.165) is 0 Å². The van der Waals surface area contributed by atoms with Crippen LogP contribution in [0.3, 0.4) is 0 Å². The lowest BCUT2D eigenvalue weighted by Gasteiger charge is -2.45. The van der Waals surface area contributed by atoms with Crippen molar-refractivity contribution < 1.29 is 149 Å². The topological polar surface area (TPSA) is 0 Å². The van der Waals surface area contributed by atoms with E-state index >= 15 is 0 Å². The van der Waals surface area contributed by atoms with E-state index in [4.69, 9.17) is 0 Å². The molecule has 0 heterocycles. The molecule has 0 rings (SSSR count). The van der Waals surface area contributed by atoms with Crippen LogP contribution in [0, 0.1) is 0 Å².